The third-order valence-corrected chi connectivity index (χ3v) is 7.50. The van der Waals surface area contributed by atoms with Crippen LogP contribution in [0.4, 0.5) is 13.2 Å². The molecule has 1 unspecified atom stereocenters. The molecule has 0 aliphatic rings. The van der Waals surface area contributed by atoms with Crippen molar-refractivity contribution in [2.24, 2.45) is 0 Å². The third kappa shape index (κ3) is 7.28. The average Bonchev–Trinajstić information content (AvgIpc) is 3.24. The van der Waals surface area contributed by atoms with Crippen LogP contribution in [0.15, 0.2) is 57.8 Å². The van der Waals surface area contributed by atoms with Crippen molar-refractivity contribution < 1.29 is 32.0 Å². The Morgan fingerprint density at radius 3 is 2.33 bits per heavy atom. The minimum atomic E-state index is -2.59. The number of halogens is 3. The standard InChI is InChI=1S/C25H27F3N2O5Si/c1-36(2,3)18-9-8-17(19(26)11-18)10-20(31)24(29-25(33)21-12-23(32)30-35-21)16-6-4-15(5-7-16)13-34-14-22(27)28/h4-9,11-12,22,24H,10,13-14H2,1-3H3,(H,29,33)(H,30,32). The van der Waals surface area contributed by atoms with Gasteiger partial charge >= 0.3 is 0 Å². The minimum Gasteiger partial charge on any atom is -0.373 e. The molecule has 0 saturated heterocycles. The van der Waals surface area contributed by atoms with Gasteiger partial charge in [-0.1, -0.05) is 61.2 Å². The second kappa shape index (κ2) is 11.5. The summed E-state index contributed by atoms with van der Waals surface area (Å²) in [6, 6.07) is 10.8. The van der Waals surface area contributed by atoms with Crippen molar-refractivity contribution in [3.8, 4) is 0 Å². The van der Waals surface area contributed by atoms with E-state index in [1.165, 1.54) is 6.07 Å². The lowest BCUT2D eigenvalue weighted by atomic mass is 9.96. The van der Waals surface area contributed by atoms with Crippen LogP contribution < -0.4 is 16.1 Å². The zero-order valence-corrected chi connectivity index (χ0v) is 21.1. The van der Waals surface area contributed by atoms with E-state index >= 15 is 0 Å². The Morgan fingerprint density at radius 1 is 1.08 bits per heavy atom. The number of aromatic nitrogens is 1. The van der Waals surface area contributed by atoms with E-state index in [-0.39, 0.29) is 24.4 Å². The number of benzene rings is 2. The van der Waals surface area contributed by atoms with Crippen LogP contribution >= 0.6 is 0 Å². The zero-order valence-electron chi connectivity index (χ0n) is 20.1. The minimum absolute atomic E-state index is 0.0568. The van der Waals surface area contributed by atoms with E-state index in [0.717, 1.165) is 11.3 Å². The monoisotopic (exact) mass is 520 g/mol. The molecule has 7 nitrogen and oxygen atoms in total. The predicted molar refractivity (Wildman–Crippen MR) is 130 cm³/mol. The molecule has 1 heterocycles. The molecule has 0 aliphatic carbocycles. The molecule has 0 spiro atoms. The number of aromatic amines is 1. The Kier molecular flexibility index (Phi) is 8.69. The second-order valence-corrected chi connectivity index (χ2v) is 14.4. The summed E-state index contributed by atoms with van der Waals surface area (Å²) in [6.07, 6.45) is -2.88. The highest BCUT2D eigenvalue weighted by molar-refractivity contribution is 6.88. The van der Waals surface area contributed by atoms with Gasteiger partial charge in [0.25, 0.3) is 17.9 Å². The Labute approximate surface area is 206 Å². The van der Waals surface area contributed by atoms with Crippen molar-refractivity contribution in [3.05, 3.63) is 87.2 Å². The molecule has 11 heteroatoms. The van der Waals surface area contributed by atoms with Gasteiger partial charge in [-0.25, -0.2) is 13.2 Å². The van der Waals surface area contributed by atoms with Gasteiger partial charge in [-0.15, -0.1) is 0 Å². The summed E-state index contributed by atoms with van der Waals surface area (Å²) >= 11 is 0. The maximum Gasteiger partial charge on any atom is 0.290 e. The van der Waals surface area contributed by atoms with Crippen LogP contribution in [0.2, 0.25) is 19.6 Å². The van der Waals surface area contributed by atoms with Gasteiger partial charge in [0.15, 0.2) is 5.78 Å². The van der Waals surface area contributed by atoms with Crippen molar-refractivity contribution in [1.29, 1.82) is 0 Å². The number of Topliss-reactive ketones (excluding diaryl/α,β-unsaturated/α-hetero) is 1. The Morgan fingerprint density at radius 2 is 1.78 bits per heavy atom. The second-order valence-electron chi connectivity index (χ2n) is 9.33. The molecular formula is C25H27F3N2O5Si. The largest absolute Gasteiger partial charge is 0.373 e. The fraction of sp³-hybridized carbons (Fsp3) is 0.320. The molecule has 3 aromatic rings. The molecule has 3 rings (SSSR count). The first kappa shape index (κ1) is 27.1. The van der Waals surface area contributed by atoms with Crippen LogP contribution in [0.3, 0.4) is 0 Å². The van der Waals surface area contributed by atoms with Crippen molar-refractivity contribution in [2.45, 2.75) is 45.1 Å². The molecule has 0 bridgehead atoms. The number of ketones is 1. The predicted octanol–water partition coefficient (Wildman–Crippen LogP) is 3.72. The van der Waals surface area contributed by atoms with E-state index in [1.54, 1.807) is 30.3 Å². The number of carbonyl (C=O) groups excluding carboxylic acids is 2. The third-order valence-electron chi connectivity index (χ3n) is 5.45. The molecule has 1 aromatic heterocycles. The summed E-state index contributed by atoms with van der Waals surface area (Å²) in [5.74, 6) is -2.13. The fourth-order valence-electron chi connectivity index (χ4n) is 3.47. The van der Waals surface area contributed by atoms with Gasteiger partial charge in [0.1, 0.15) is 18.5 Å². The number of rotatable bonds is 11. The molecule has 0 aliphatic heterocycles. The number of carbonyl (C=O) groups is 2. The smallest absolute Gasteiger partial charge is 0.290 e. The molecule has 0 fully saturated rings. The summed E-state index contributed by atoms with van der Waals surface area (Å²) in [4.78, 5) is 37.2. The van der Waals surface area contributed by atoms with E-state index in [9.17, 15) is 27.6 Å². The molecule has 192 valence electrons. The first-order valence-corrected chi connectivity index (χ1v) is 14.7. The molecule has 2 N–H and O–H groups in total. The van der Waals surface area contributed by atoms with Gasteiger partial charge in [-0.05, 0) is 22.8 Å². The lowest BCUT2D eigenvalue weighted by Gasteiger charge is -2.20. The summed E-state index contributed by atoms with van der Waals surface area (Å²) in [5.41, 5.74) is 0.525. The van der Waals surface area contributed by atoms with E-state index in [2.05, 4.69) is 25.0 Å². The van der Waals surface area contributed by atoms with Gasteiger partial charge in [-0.3, -0.25) is 14.4 Å². The normalized spacial score (nSPS) is 12.5. The Balaban J connectivity index is 1.84. The van der Waals surface area contributed by atoms with Gasteiger partial charge < -0.3 is 14.6 Å². The number of amides is 1. The lowest BCUT2D eigenvalue weighted by molar-refractivity contribution is -0.120. The van der Waals surface area contributed by atoms with Crippen LogP contribution in [0, 0.1) is 5.82 Å². The average molecular weight is 521 g/mol. The molecule has 1 atom stereocenters. The summed E-state index contributed by atoms with van der Waals surface area (Å²) in [5, 5.41) is 5.44. The highest BCUT2D eigenvalue weighted by Crippen LogP contribution is 2.20. The quantitative estimate of drug-likeness (QED) is 0.376. The van der Waals surface area contributed by atoms with Crippen molar-refractivity contribution in [1.82, 2.24) is 10.5 Å². The van der Waals surface area contributed by atoms with Gasteiger partial charge in [0.05, 0.1) is 20.7 Å². The molecule has 2 aromatic carbocycles. The van der Waals surface area contributed by atoms with Crippen LogP contribution in [0.5, 0.6) is 0 Å². The lowest BCUT2D eigenvalue weighted by Crippen LogP contribution is -2.38. The van der Waals surface area contributed by atoms with Crippen LogP contribution in [0.1, 0.15) is 33.3 Å². The fourth-order valence-corrected chi connectivity index (χ4v) is 4.61. The van der Waals surface area contributed by atoms with Crippen molar-refractivity contribution in [2.75, 3.05) is 6.61 Å². The van der Waals surface area contributed by atoms with Crippen molar-refractivity contribution >= 4 is 25.0 Å². The van der Waals surface area contributed by atoms with Crippen molar-refractivity contribution in [3.63, 3.8) is 0 Å². The summed E-state index contributed by atoms with van der Waals surface area (Å²) < 4.78 is 49.1. The topological polar surface area (TPSA) is 101 Å². The number of hydrogen-bond acceptors (Lipinski definition) is 5. The van der Waals surface area contributed by atoms with E-state index in [1.807, 2.05) is 11.2 Å². The SMILES string of the molecule is C[Si](C)(C)c1ccc(CC(=O)C(NC(=O)c2cc(=O)[nH]o2)c2ccc(COCC(F)F)cc2)c(F)c1. The Bertz CT molecular complexity index is 1270. The first-order valence-electron chi connectivity index (χ1n) is 11.2. The van der Waals surface area contributed by atoms with Gasteiger partial charge in [-0.2, -0.15) is 5.16 Å². The van der Waals surface area contributed by atoms with Gasteiger partial charge in [0.2, 0.25) is 5.76 Å². The number of ether oxygens (including phenoxy) is 1. The molecule has 36 heavy (non-hydrogen) atoms. The van der Waals surface area contributed by atoms with Crippen LogP contribution in [0.25, 0.3) is 0 Å². The van der Waals surface area contributed by atoms with E-state index in [0.29, 0.717) is 11.1 Å². The number of nitrogens with one attached hydrogen (secondary N) is 2. The highest BCUT2D eigenvalue weighted by atomic mass is 28.3. The summed E-state index contributed by atoms with van der Waals surface area (Å²) in [7, 11) is -1.75. The maximum absolute atomic E-state index is 14.8. The number of H-pyrrole nitrogens is 1. The molecular weight excluding hydrogens is 493 g/mol. The van der Waals surface area contributed by atoms with Crippen LogP contribution in [-0.4, -0.2) is 38.0 Å². The van der Waals surface area contributed by atoms with Gasteiger partial charge in [0, 0.05) is 6.42 Å². The van der Waals surface area contributed by atoms with E-state index in [4.69, 9.17) is 9.26 Å². The van der Waals surface area contributed by atoms with E-state index < -0.39 is 50.2 Å². The zero-order chi connectivity index (χ0) is 26.5. The molecule has 1 amide bonds. The number of alkyl halides is 2. The van der Waals surface area contributed by atoms with Crippen LogP contribution in [-0.2, 0) is 22.6 Å². The Hall–Kier alpha value is -3.44. The molecule has 0 radical (unpaired) electrons. The highest BCUT2D eigenvalue weighted by Gasteiger charge is 2.26. The first-order chi connectivity index (χ1) is 16.9. The number of hydrogen-bond donors (Lipinski definition) is 2. The molecule has 0 saturated carbocycles. The maximum atomic E-state index is 14.8. The summed E-state index contributed by atoms with van der Waals surface area (Å²) in [6.45, 7) is 5.49.